The van der Waals surface area contributed by atoms with Crippen LogP contribution in [0.3, 0.4) is 0 Å². The summed E-state index contributed by atoms with van der Waals surface area (Å²) in [6.07, 6.45) is 1.28. The van der Waals surface area contributed by atoms with Gasteiger partial charge in [0.2, 0.25) is 0 Å². The first-order valence-electron chi connectivity index (χ1n) is 12.0. The van der Waals surface area contributed by atoms with E-state index in [9.17, 15) is 13.2 Å². The maximum absolute atomic E-state index is 15.1. The topological polar surface area (TPSA) is 9.23 Å². The molecule has 0 amide bonds. The van der Waals surface area contributed by atoms with Crippen molar-refractivity contribution >= 4 is 10.8 Å². The van der Waals surface area contributed by atoms with Gasteiger partial charge in [0.25, 0.3) is 0 Å². The number of fused-ring (bicyclic) bond motifs is 1. The second-order valence-corrected chi connectivity index (χ2v) is 8.69. The SMILES string of the molecule is CCCCCCc1ccc(-c2ccc3c(F)c(C#Cc4ccc(OC(F)(F)F)cc4)ccc3c2)cc1. The van der Waals surface area contributed by atoms with Gasteiger partial charge < -0.3 is 4.74 Å². The average Bonchev–Trinajstić information content (AvgIpc) is 2.86. The van der Waals surface area contributed by atoms with E-state index in [2.05, 4.69) is 47.8 Å². The van der Waals surface area contributed by atoms with Crippen molar-refractivity contribution in [3.63, 3.8) is 0 Å². The minimum absolute atomic E-state index is 0.221. The molecule has 0 unspecified atom stereocenters. The van der Waals surface area contributed by atoms with E-state index in [0.29, 0.717) is 10.9 Å². The van der Waals surface area contributed by atoms with Crippen molar-refractivity contribution in [2.45, 2.75) is 45.4 Å². The third-order valence-electron chi connectivity index (χ3n) is 5.99. The Hall–Kier alpha value is -3.78. The molecule has 36 heavy (non-hydrogen) atoms. The van der Waals surface area contributed by atoms with Crippen LogP contribution in [-0.2, 0) is 6.42 Å². The molecule has 0 aliphatic carbocycles. The van der Waals surface area contributed by atoms with Gasteiger partial charge in [0, 0.05) is 10.9 Å². The number of rotatable bonds is 7. The van der Waals surface area contributed by atoms with Crippen LogP contribution in [0.15, 0.2) is 78.9 Å². The molecule has 0 radical (unpaired) electrons. The molecule has 4 rings (SSSR count). The molecule has 0 aromatic heterocycles. The van der Waals surface area contributed by atoms with Gasteiger partial charge in [-0.2, -0.15) is 0 Å². The van der Waals surface area contributed by atoms with Crippen LogP contribution in [0.25, 0.3) is 21.9 Å². The fourth-order valence-electron chi connectivity index (χ4n) is 4.07. The molecule has 184 valence electrons. The molecule has 0 aliphatic rings. The molecule has 0 spiro atoms. The van der Waals surface area contributed by atoms with E-state index in [1.807, 2.05) is 18.2 Å². The molecular formula is C31H26F4O. The summed E-state index contributed by atoms with van der Waals surface area (Å²) in [6, 6.07) is 22.8. The highest BCUT2D eigenvalue weighted by atomic mass is 19.4. The quantitative estimate of drug-likeness (QED) is 0.143. The first-order valence-corrected chi connectivity index (χ1v) is 12.0. The second kappa shape index (κ2) is 11.3. The first kappa shape index (κ1) is 25.3. The lowest BCUT2D eigenvalue weighted by Crippen LogP contribution is -2.16. The predicted molar refractivity (Wildman–Crippen MR) is 136 cm³/mol. The summed E-state index contributed by atoms with van der Waals surface area (Å²) in [4.78, 5) is 0. The Kier molecular flexibility index (Phi) is 7.95. The van der Waals surface area contributed by atoms with Gasteiger partial charge in [0.15, 0.2) is 0 Å². The van der Waals surface area contributed by atoms with Gasteiger partial charge in [0.1, 0.15) is 11.6 Å². The molecule has 5 heteroatoms. The van der Waals surface area contributed by atoms with Crippen molar-refractivity contribution in [1.82, 2.24) is 0 Å². The maximum atomic E-state index is 15.1. The van der Waals surface area contributed by atoms with Crippen molar-refractivity contribution in [2.24, 2.45) is 0 Å². The standard InChI is InChI=1S/C31H26F4O/c1-2-3-4-5-6-22-7-12-24(13-8-22)26-17-20-29-27(21-26)16-15-25(30(29)32)14-9-23-10-18-28(19-11-23)36-31(33,34)35/h7-8,10-13,15-21H,2-6H2,1H3. The van der Waals surface area contributed by atoms with Crippen molar-refractivity contribution in [3.8, 4) is 28.7 Å². The molecule has 0 atom stereocenters. The second-order valence-electron chi connectivity index (χ2n) is 8.69. The van der Waals surface area contributed by atoms with Crippen LogP contribution >= 0.6 is 0 Å². The number of aryl methyl sites for hydroxylation is 1. The third-order valence-corrected chi connectivity index (χ3v) is 5.99. The summed E-state index contributed by atoms with van der Waals surface area (Å²) >= 11 is 0. The van der Waals surface area contributed by atoms with Gasteiger partial charge in [-0.1, -0.05) is 80.5 Å². The normalized spacial score (nSPS) is 11.2. The molecule has 0 saturated heterocycles. The number of hydrogen-bond donors (Lipinski definition) is 0. The Balaban J connectivity index is 1.49. The lowest BCUT2D eigenvalue weighted by atomic mass is 9.98. The Labute approximate surface area is 208 Å². The highest BCUT2D eigenvalue weighted by Gasteiger charge is 2.30. The van der Waals surface area contributed by atoms with Crippen LogP contribution in [-0.4, -0.2) is 6.36 Å². The fourth-order valence-corrected chi connectivity index (χ4v) is 4.07. The van der Waals surface area contributed by atoms with Crippen LogP contribution in [0.4, 0.5) is 17.6 Å². The zero-order valence-corrected chi connectivity index (χ0v) is 20.0. The minimum atomic E-state index is -4.75. The van der Waals surface area contributed by atoms with E-state index >= 15 is 4.39 Å². The minimum Gasteiger partial charge on any atom is -0.406 e. The highest BCUT2D eigenvalue weighted by molar-refractivity contribution is 5.89. The summed E-state index contributed by atoms with van der Waals surface area (Å²) in [6.45, 7) is 2.21. The van der Waals surface area contributed by atoms with E-state index in [1.165, 1.54) is 55.5 Å². The Morgan fingerprint density at radius 2 is 1.47 bits per heavy atom. The Morgan fingerprint density at radius 3 is 2.17 bits per heavy atom. The zero-order chi connectivity index (χ0) is 25.5. The number of hydrogen-bond acceptors (Lipinski definition) is 1. The van der Waals surface area contributed by atoms with Crippen molar-refractivity contribution in [3.05, 3.63) is 101 Å². The van der Waals surface area contributed by atoms with Gasteiger partial charge in [-0.3, -0.25) is 0 Å². The van der Waals surface area contributed by atoms with Crippen LogP contribution in [0.5, 0.6) is 5.75 Å². The van der Waals surface area contributed by atoms with Gasteiger partial charge in [-0.25, -0.2) is 4.39 Å². The molecule has 4 aromatic rings. The number of unbranched alkanes of at least 4 members (excludes halogenated alkanes) is 3. The molecular weight excluding hydrogens is 464 g/mol. The largest absolute Gasteiger partial charge is 0.573 e. The maximum Gasteiger partial charge on any atom is 0.573 e. The molecule has 0 bridgehead atoms. The van der Waals surface area contributed by atoms with E-state index in [-0.39, 0.29) is 11.3 Å². The number of ether oxygens (including phenoxy) is 1. The van der Waals surface area contributed by atoms with Crippen LogP contribution in [0.1, 0.15) is 49.3 Å². The van der Waals surface area contributed by atoms with Crippen LogP contribution in [0.2, 0.25) is 0 Å². The monoisotopic (exact) mass is 490 g/mol. The molecule has 0 heterocycles. The first-order chi connectivity index (χ1) is 17.3. The van der Waals surface area contributed by atoms with Crippen molar-refractivity contribution in [2.75, 3.05) is 0 Å². The summed E-state index contributed by atoms with van der Waals surface area (Å²) in [7, 11) is 0. The summed E-state index contributed by atoms with van der Waals surface area (Å²) in [5.41, 5.74) is 4.09. The lowest BCUT2D eigenvalue weighted by Gasteiger charge is -2.08. The smallest absolute Gasteiger partial charge is 0.406 e. The van der Waals surface area contributed by atoms with E-state index in [4.69, 9.17) is 0 Å². The summed E-state index contributed by atoms with van der Waals surface area (Å²) in [5, 5.41) is 1.24. The van der Waals surface area contributed by atoms with Crippen molar-refractivity contribution < 1.29 is 22.3 Å². The zero-order valence-electron chi connectivity index (χ0n) is 20.0. The third kappa shape index (κ3) is 6.66. The number of halogens is 4. The fraction of sp³-hybridized carbons (Fsp3) is 0.226. The average molecular weight is 491 g/mol. The summed E-state index contributed by atoms with van der Waals surface area (Å²) in [5.74, 6) is 4.82. The summed E-state index contributed by atoms with van der Waals surface area (Å²) < 4.78 is 55.9. The van der Waals surface area contributed by atoms with Gasteiger partial charge in [-0.15, -0.1) is 13.2 Å². The lowest BCUT2D eigenvalue weighted by molar-refractivity contribution is -0.274. The van der Waals surface area contributed by atoms with Gasteiger partial charge >= 0.3 is 6.36 Å². The van der Waals surface area contributed by atoms with Crippen LogP contribution < -0.4 is 4.74 Å². The molecule has 0 aliphatic heterocycles. The van der Waals surface area contributed by atoms with Crippen molar-refractivity contribution in [1.29, 1.82) is 0 Å². The Bertz CT molecular complexity index is 1380. The van der Waals surface area contributed by atoms with Crippen LogP contribution in [0, 0.1) is 17.7 Å². The molecule has 0 saturated carbocycles. The highest BCUT2D eigenvalue weighted by Crippen LogP contribution is 2.28. The molecule has 1 nitrogen and oxygen atoms in total. The predicted octanol–water partition coefficient (Wildman–Crippen LogP) is 9.07. The molecule has 0 N–H and O–H groups in total. The van der Waals surface area contributed by atoms with E-state index in [0.717, 1.165) is 22.9 Å². The van der Waals surface area contributed by atoms with Gasteiger partial charge in [0.05, 0.1) is 5.56 Å². The number of alkyl halides is 3. The molecule has 4 aromatic carbocycles. The number of benzene rings is 4. The van der Waals surface area contributed by atoms with E-state index in [1.54, 1.807) is 12.1 Å². The van der Waals surface area contributed by atoms with E-state index < -0.39 is 12.2 Å². The Morgan fingerprint density at radius 1 is 0.750 bits per heavy atom. The molecule has 0 fully saturated rings. The van der Waals surface area contributed by atoms with Gasteiger partial charge in [-0.05, 0) is 71.3 Å².